The van der Waals surface area contributed by atoms with Crippen LogP contribution in [0.3, 0.4) is 0 Å². The lowest BCUT2D eigenvalue weighted by molar-refractivity contribution is -0.134. The highest BCUT2D eigenvalue weighted by molar-refractivity contribution is 5.79. The molecular formula is C18H23N3O. The molecule has 0 saturated heterocycles. The Labute approximate surface area is 132 Å². The number of likely N-dealkylation sites (N-methyl/N-ethyl adjacent to an activating group) is 1. The van der Waals surface area contributed by atoms with Crippen LogP contribution in [-0.2, 0) is 11.2 Å². The molecule has 0 saturated carbocycles. The molecule has 0 aliphatic heterocycles. The van der Waals surface area contributed by atoms with Crippen molar-refractivity contribution in [2.45, 2.75) is 19.4 Å². The van der Waals surface area contributed by atoms with E-state index in [0.717, 1.165) is 17.7 Å². The van der Waals surface area contributed by atoms with Crippen molar-refractivity contribution in [3.8, 4) is 0 Å². The fourth-order valence-corrected chi connectivity index (χ4v) is 2.40. The summed E-state index contributed by atoms with van der Waals surface area (Å²) in [5.74, 6) is -0.191. The number of benzene rings is 1. The molecule has 1 aromatic carbocycles. The van der Waals surface area contributed by atoms with Gasteiger partial charge in [0.05, 0.1) is 5.92 Å². The zero-order chi connectivity index (χ0) is 15.9. The summed E-state index contributed by atoms with van der Waals surface area (Å²) < 4.78 is 0. The highest BCUT2D eigenvalue weighted by atomic mass is 16.2. The monoisotopic (exact) mass is 297 g/mol. The molecule has 0 radical (unpaired) electrons. The number of carbonyl (C=O) groups excluding carboxylic acids is 1. The summed E-state index contributed by atoms with van der Waals surface area (Å²) >= 11 is 0. The number of nitrogens with zero attached hydrogens (tertiary/aromatic N) is 2. The van der Waals surface area contributed by atoms with Crippen LogP contribution in [0.5, 0.6) is 0 Å². The zero-order valence-electron chi connectivity index (χ0n) is 13.1. The average Bonchev–Trinajstić information content (AvgIpc) is 2.59. The maximum atomic E-state index is 12.5. The minimum Gasteiger partial charge on any atom is -0.345 e. The van der Waals surface area contributed by atoms with Crippen LogP contribution >= 0.6 is 0 Å². The predicted molar refractivity (Wildman–Crippen MR) is 88.1 cm³/mol. The van der Waals surface area contributed by atoms with Crippen LogP contribution < -0.4 is 5.73 Å². The third-order valence-electron chi connectivity index (χ3n) is 3.92. The normalized spacial score (nSPS) is 13.4. The molecule has 0 fully saturated rings. The predicted octanol–water partition coefficient (Wildman–Crippen LogP) is 2.42. The fourth-order valence-electron chi connectivity index (χ4n) is 2.40. The Morgan fingerprint density at radius 2 is 1.86 bits per heavy atom. The summed E-state index contributed by atoms with van der Waals surface area (Å²) in [5.41, 5.74) is 8.20. The number of hydrogen-bond acceptors (Lipinski definition) is 3. The molecule has 4 nitrogen and oxygen atoms in total. The van der Waals surface area contributed by atoms with E-state index in [1.54, 1.807) is 11.1 Å². The van der Waals surface area contributed by atoms with Crippen LogP contribution in [0.25, 0.3) is 0 Å². The number of nitrogens with two attached hydrogens (primary N) is 1. The van der Waals surface area contributed by atoms with Crippen LogP contribution in [0.15, 0.2) is 54.7 Å². The Balaban J connectivity index is 1.92. The van der Waals surface area contributed by atoms with E-state index in [-0.39, 0.29) is 17.9 Å². The van der Waals surface area contributed by atoms with Crippen molar-refractivity contribution in [1.82, 2.24) is 9.88 Å². The van der Waals surface area contributed by atoms with Crippen molar-refractivity contribution >= 4 is 5.91 Å². The van der Waals surface area contributed by atoms with E-state index in [9.17, 15) is 4.79 Å². The molecule has 0 spiro atoms. The van der Waals surface area contributed by atoms with E-state index in [1.165, 1.54) is 0 Å². The van der Waals surface area contributed by atoms with Crippen molar-refractivity contribution in [3.63, 3.8) is 0 Å². The average molecular weight is 297 g/mol. The maximum absolute atomic E-state index is 12.5. The molecule has 2 unspecified atom stereocenters. The lowest BCUT2D eigenvalue weighted by Gasteiger charge is -2.25. The molecule has 2 atom stereocenters. The largest absolute Gasteiger partial charge is 0.345 e. The highest BCUT2D eigenvalue weighted by Crippen LogP contribution is 2.20. The third-order valence-corrected chi connectivity index (χ3v) is 3.92. The number of amides is 1. The summed E-state index contributed by atoms with van der Waals surface area (Å²) in [5, 5.41) is 0. The lowest BCUT2D eigenvalue weighted by atomic mass is 9.94. The molecule has 1 amide bonds. The first kappa shape index (κ1) is 16.2. The van der Waals surface area contributed by atoms with Crippen molar-refractivity contribution in [2.24, 2.45) is 11.7 Å². The Morgan fingerprint density at radius 1 is 1.18 bits per heavy atom. The van der Waals surface area contributed by atoms with Crippen LogP contribution in [0.1, 0.15) is 24.2 Å². The van der Waals surface area contributed by atoms with Gasteiger partial charge in [0, 0.05) is 37.9 Å². The van der Waals surface area contributed by atoms with Crippen LogP contribution in [0.2, 0.25) is 0 Å². The van der Waals surface area contributed by atoms with Gasteiger partial charge in [-0.05, 0) is 17.7 Å². The Kier molecular flexibility index (Phi) is 5.67. The van der Waals surface area contributed by atoms with Gasteiger partial charge < -0.3 is 10.6 Å². The summed E-state index contributed by atoms with van der Waals surface area (Å²) in [6, 6.07) is 15.3. The molecule has 4 heteroatoms. The molecule has 116 valence electrons. The molecule has 2 rings (SSSR count). The van der Waals surface area contributed by atoms with Crippen LogP contribution in [0.4, 0.5) is 0 Å². The topological polar surface area (TPSA) is 59.2 Å². The molecule has 0 aliphatic carbocycles. The maximum Gasteiger partial charge on any atom is 0.227 e. The summed E-state index contributed by atoms with van der Waals surface area (Å²) in [7, 11) is 1.82. The van der Waals surface area contributed by atoms with Gasteiger partial charge in [0.25, 0.3) is 0 Å². The van der Waals surface area contributed by atoms with Gasteiger partial charge in [0.2, 0.25) is 5.91 Å². The van der Waals surface area contributed by atoms with Gasteiger partial charge in [-0.3, -0.25) is 9.78 Å². The molecular weight excluding hydrogens is 274 g/mol. The first-order chi connectivity index (χ1) is 10.6. The second kappa shape index (κ2) is 7.71. The van der Waals surface area contributed by atoms with E-state index < -0.39 is 0 Å². The van der Waals surface area contributed by atoms with Crippen molar-refractivity contribution in [1.29, 1.82) is 0 Å². The first-order valence-electron chi connectivity index (χ1n) is 7.55. The highest BCUT2D eigenvalue weighted by Gasteiger charge is 2.24. The number of hydrogen-bond donors (Lipinski definition) is 1. The molecule has 0 bridgehead atoms. The summed E-state index contributed by atoms with van der Waals surface area (Å²) in [4.78, 5) is 18.5. The Bertz CT molecular complexity index is 586. The van der Waals surface area contributed by atoms with Gasteiger partial charge in [-0.2, -0.15) is 0 Å². The van der Waals surface area contributed by atoms with Crippen LogP contribution in [-0.4, -0.2) is 29.4 Å². The molecule has 1 aromatic heterocycles. The van der Waals surface area contributed by atoms with E-state index in [2.05, 4.69) is 4.98 Å². The number of aromatic nitrogens is 1. The van der Waals surface area contributed by atoms with E-state index in [4.69, 9.17) is 5.73 Å². The Morgan fingerprint density at radius 3 is 2.50 bits per heavy atom. The van der Waals surface area contributed by atoms with Gasteiger partial charge in [0.15, 0.2) is 0 Å². The first-order valence-corrected chi connectivity index (χ1v) is 7.55. The van der Waals surface area contributed by atoms with E-state index >= 15 is 0 Å². The van der Waals surface area contributed by atoms with E-state index in [0.29, 0.717) is 6.54 Å². The van der Waals surface area contributed by atoms with E-state index in [1.807, 2.05) is 62.5 Å². The molecule has 0 aliphatic rings. The zero-order valence-corrected chi connectivity index (χ0v) is 13.1. The standard InChI is InChI=1S/C18H23N3O/c1-14(17(19)15-8-4-3-5-9-15)18(22)21(2)13-11-16-10-6-7-12-20-16/h3-10,12,14,17H,11,13,19H2,1-2H3. The minimum absolute atomic E-state index is 0.0623. The molecule has 22 heavy (non-hydrogen) atoms. The van der Waals surface area contributed by atoms with Gasteiger partial charge in [0.1, 0.15) is 0 Å². The summed E-state index contributed by atoms with van der Waals surface area (Å²) in [6.45, 7) is 2.53. The Hall–Kier alpha value is -2.20. The fraction of sp³-hybridized carbons (Fsp3) is 0.333. The van der Waals surface area contributed by atoms with Crippen molar-refractivity contribution in [2.75, 3.05) is 13.6 Å². The third kappa shape index (κ3) is 4.15. The van der Waals surface area contributed by atoms with Gasteiger partial charge in [-0.25, -0.2) is 0 Å². The molecule has 1 heterocycles. The van der Waals surface area contributed by atoms with Gasteiger partial charge in [-0.1, -0.05) is 43.3 Å². The van der Waals surface area contributed by atoms with Crippen molar-refractivity contribution in [3.05, 3.63) is 66.0 Å². The number of carbonyl (C=O) groups is 1. The number of rotatable bonds is 6. The van der Waals surface area contributed by atoms with Crippen molar-refractivity contribution < 1.29 is 4.79 Å². The quantitative estimate of drug-likeness (QED) is 0.891. The summed E-state index contributed by atoms with van der Waals surface area (Å²) in [6.07, 6.45) is 2.52. The molecule has 2 N–H and O–H groups in total. The lowest BCUT2D eigenvalue weighted by Crippen LogP contribution is -2.38. The van der Waals surface area contributed by atoms with Gasteiger partial charge >= 0.3 is 0 Å². The van der Waals surface area contributed by atoms with Gasteiger partial charge in [-0.15, -0.1) is 0 Å². The smallest absolute Gasteiger partial charge is 0.227 e. The minimum atomic E-state index is -0.286. The molecule has 2 aromatic rings. The second-order valence-electron chi connectivity index (χ2n) is 5.56. The second-order valence-corrected chi connectivity index (χ2v) is 5.56. The number of pyridine rings is 1. The van der Waals surface area contributed by atoms with Crippen LogP contribution in [0, 0.1) is 5.92 Å². The SMILES string of the molecule is CC(C(=O)N(C)CCc1ccccn1)C(N)c1ccccc1.